The molecular weight excluding hydrogens is 616 g/mol. The summed E-state index contributed by atoms with van der Waals surface area (Å²) in [5.41, 5.74) is 6.10. The zero-order valence-electron chi connectivity index (χ0n) is 27.4. The molecule has 0 saturated carbocycles. The van der Waals surface area contributed by atoms with Gasteiger partial charge in [-0.3, -0.25) is 0 Å². The molecule has 2 N–H and O–H groups in total. The molecule has 0 bridgehead atoms. The Bertz CT molecular complexity index is 1690. The SMILES string of the molecule is C=CC/C=C\C(C=C)COc1ccc(NC2c3cc(N(Cc4ccccc4)Cc4ccccc4)c(OCC)cc3NCC2C#N)cc1Cl. The summed E-state index contributed by atoms with van der Waals surface area (Å²) in [5, 5.41) is 17.9. The minimum absolute atomic E-state index is 0.0561. The number of ether oxygens (including phenoxy) is 2. The number of nitrogens with one attached hydrogen (secondary N) is 2. The van der Waals surface area contributed by atoms with Crippen LogP contribution < -0.4 is 25.0 Å². The van der Waals surface area contributed by atoms with E-state index in [-0.39, 0.29) is 17.9 Å². The van der Waals surface area contributed by atoms with Gasteiger partial charge >= 0.3 is 0 Å². The van der Waals surface area contributed by atoms with E-state index in [2.05, 4.69) is 102 Å². The molecule has 0 radical (unpaired) electrons. The van der Waals surface area contributed by atoms with Crippen LogP contribution in [0.1, 0.15) is 36.1 Å². The Balaban J connectivity index is 1.46. The van der Waals surface area contributed by atoms with Gasteiger partial charge < -0.3 is 25.0 Å². The first-order valence-corrected chi connectivity index (χ1v) is 16.8. The Morgan fingerprint density at radius 1 is 0.979 bits per heavy atom. The number of hydrogen-bond donors (Lipinski definition) is 2. The molecule has 5 rings (SSSR count). The van der Waals surface area contributed by atoms with E-state index in [0.717, 1.165) is 34.8 Å². The highest BCUT2D eigenvalue weighted by atomic mass is 35.5. The summed E-state index contributed by atoms with van der Waals surface area (Å²) in [6, 6.07) is 33.0. The molecule has 246 valence electrons. The van der Waals surface area contributed by atoms with Gasteiger partial charge in [0.05, 0.1) is 42.0 Å². The lowest BCUT2D eigenvalue weighted by Crippen LogP contribution is -2.32. The van der Waals surface area contributed by atoms with E-state index in [4.69, 9.17) is 21.1 Å². The third-order valence-corrected chi connectivity index (χ3v) is 8.59. The minimum Gasteiger partial charge on any atom is -0.492 e. The highest BCUT2D eigenvalue weighted by molar-refractivity contribution is 6.32. The molecule has 4 aromatic rings. The van der Waals surface area contributed by atoms with Crippen molar-refractivity contribution in [2.75, 3.05) is 35.3 Å². The number of nitriles is 1. The molecule has 0 fully saturated rings. The van der Waals surface area contributed by atoms with Crippen molar-refractivity contribution in [2.24, 2.45) is 11.8 Å². The number of anilines is 3. The zero-order chi connectivity index (χ0) is 33.7. The van der Waals surface area contributed by atoms with E-state index in [1.54, 1.807) is 0 Å². The van der Waals surface area contributed by atoms with Gasteiger partial charge in [-0.1, -0.05) is 96.6 Å². The first kappa shape index (κ1) is 34.2. The lowest BCUT2D eigenvalue weighted by Gasteiger charge is -2.35. The molecule has 0 spiro atoms. The van der Waals surface area contributed by atoms with Crippen molar-refractivity contribution in [1.29, 1.82) is 5.26 Å². The molecule has 0 amide bonds. The van der Waals surface area contributed by atoms with Crippen molar-refractivity contribution in [3.8, 4) is 17.6 Å². The van der Waals surface area contributed by atoms with E-state index in [1.165, 1.54) is 11.1 Å². The molecule has 7 heteroatoms. The maximum absolute atomic E-state index is 10.3. The summed E-state index contributed by atoms with van der Waals surface area (Å²) in [4.78, 5) is 2.34. The van der Waals surface area contributed by atoms with Crippen LogP contribution in [0, 0.1) is 23.2 Å². The van der Waals surface area contributed by atoms with E-state index >= 15 is 0 Å². The van der Waals surface area contributed by atoms with Gasteiger partial charge in [0.1, 0.15) is 11.5 Å². The second-order valence-corrected chi connectivity index (χ2v) is 12.1. The standard InChI is InChI=1S/C41H43ClN4O2/c1-4-7-10-15-30(5-2)29-48-39-21-20-34(22-36(39)42)45-41-33(25-43)26-44-37-24-40(47-6-3)38(23-35(37)41)46(27-31-16-11-8-12-17-31)28-32-18-13-9-14-19-32/h4-5,8-24,30,33,41,44-45H,1-2,6-7,26-29H2,3H3/b15-10-. The molecule has 3 unspecified atom stereocenters. The molecule has 0 aromatic heterocycles. The highest BCUT2D eigenvalue weighted by Crippen LogP contribution is 2.44. The van der Waals surface area contributed by atoms with Crippen LogP contribution in [0.5, 0.6) is 11.5 Å². The Kier molecular flexibility index (Phi) is 12.2. The summed E-state index contributed by atoms with van der Waals surface area (Å²) in [6.07, 6.45) is 8.60. The van der Waals surface area contributed by atoms with E-state index in [1.807, 2.05) is 55.5 Å². The fourth-order valence-electron chi connectivity index (χ4n) is 5.83. The van der Waals surface area contributed by atoms with E-state index in [9.17, 15) is 5.26 Å². The third-order valence-electron chi connectivity index (χ3n) is 8.29. The fraction of sp³-hybridized carbons (Fsp3) is 0.244. The molecule has 0 saturated heterocycles. The third kappa shape index (κ3) is 8.82. The Morgan fingerprint density at radius 3 is 2.29 bits per heavy atom. The molecule has 6 nitrogen and oxygen atoms in total. The first-order valence-electron chi connectivity index (χ1n) is 16.4. The topological polar surface area (TPSA) is 69.6 Å². The predicted molar refractivity (Wildman–Crippen MR) is 199 cm³/mol. The van der Waals surface area contributed by atoms with Gasteiger partial charge in [0, 0.05) is 48.6 Å². The van der Waals surface area contributed by atoms with Gasteiger partial charge in [-0.2, -0.15) is 5.26 Å². The lowest BCUT2D eigenvalue weighted by molar-refractivity contribution is 0.297. The Morgan fingerprint density at radius 2 is 1.69 bits per heavy atom. The lowest BCUT2D eigenvalue weighted by atomic mass is 9.88. The van der Waals surface area contributed by atoms with Gasteiger partial charge in [-0.05, 0) is 48.7 Å². The van der Waals surface area contributed by atoms with Crippen LogP contribution in [0.2, 0.25) is 5.02 Å². The molecule has 3 atom stereocenters. The van der Waals surface area contributed by atoms with Crippen molar-refractivity contribution in [1.82, 2.24) is 0 Å². The normalized spacial score (nSPS) is 15.8. The largest absolute Gasteiger partial charge is 0.492 e. The van der Waals surface area contributed by atoms with E-state index < -0.39 is 0 Å². The summed E-state index contributed by atoms with van der Waals surface area (Å²) < 4.78 is 12.3. The van der Waals surface area contributed by atoms with Crippen LogP contribution in [0.3, 0.4) is 0 Å². The molecule has 1 aliphatic heterocycles. The number of benzene rings is 4. The average Bonchev–Trinajstić information content (AvgIpc) is 3.11. The van der Waals surface area contributed by atoms with Crippen LogP contribution in [0.15, 0.2) is 128 Å². The molecule has 4 aromatic carbocycles. The van der Waals surface area contributed by atoms with Crippen molar-refractivity contribution in [3.63, 3.8) is 0 Å². The van der Waals surface area contributed by atoms with E-state index in [0.29, 0.717) is 43.6 Å². The van der Waals surface area contributed by atoms with Crippen LogP contribution in [-0.4, -0.2) is 19.8 Å². The average molecular weight is 659 g/mol. The maximum Gasteiger partial charge on any atom is 0.144 e. The number of fused-ring (bicyclic) bond motifs is 1. The fourth-order valence-corrected chi connectivity index (χ4v) is 6.06. The smallest absolute Gasteiger partial charge is 0.144 e. The van der Waals surface area contributed by atoms with Gasteiger partial charge in [-0.15, -0.1) is 13.2 Å². The van der Waals surface area contributed by atoms with Crippen LogP contribution in [0.4, 0.5) is 17.1 Å². The maximum atomic E-state index is 10.3. The number of halogens is 1. The quantitative estimate of drug-likeness (QED) is 0.117. The van der Waals surface area contributed by atoms with Crippen molar-refractivity contribution in [3.05, 3.63) is 150 Å². The number of nitrogens with zero attached hydrogens (tertiary/aromatic N) is 2. The van der Waals surface area contributed by atoms with Crippen molar-refractivity contribution >= 4 is 28.7 Å². The zero-order valence-corrected chi connectivity index (χ0v) is 28.2. The van der Waals surface area contributed by atoms with Gasteiger partial charge in [0.15, 0.2) is 0 Å². The molecular formula is C41H43ClN4O2. The van der Waals surface area contributed by atoms with Gasteiger partial charge in [-0.25, -0.2) is 0 Å². The van der Waals surface area contributed by atoms with Gasteiger partial charge in [0.2, 0.25) is 0 Å². The highest BCUT2D eigenvalue weighted by Gasteiger charge is 2.32. The number of allylic oxidation sites excluding steroid dienone is 2. The van der Waals surface area contributed by atoms with Crippen molar-refractivity contribution in [2.45, 2.75) is 32.5 Å². The van der Waals surface area contributed by atoms with Crippen molar-refractivity contribution < 1.29 is 9.47 Å². The summed E-state index contributed by atoms with van der Waals surface area (Å²) in [6.45, 7) is 12.5. The molecule has 0 aliphatic carbocycles. The summed E-state index contributed by atoms with van der Waals surface area (Å²) >= 11 is 6.72. The molecule has 1 aliphatic rings. The number of rotatable bonds is 16. The number of hydrogen-bond acceptors (Lipinski definition) is 6. The van der Waals surface area contributed by atoms with Crippen LogP contribution in [-0.2, 0) is 13.1 Å². The van der Waals surface area contributed by atoms with Crippen LogP contribution in [0.25, 0.3) is 0 Å². The Labute approximate surface area is 290 Å². The molecule has 48 heavy (non-hydrogen) atoms. The Hall–Kier alpha value is -5.12. The van der Waals surface area contributed by atoms with Gasteiger partial charge in [0.25, 0.3) is 0 Å². The second-order valence-electron chi connectivity index (χ2n) is 11.7. The minimum atomic E-state index is -0.328. The summed E-state index contributed by atoms with van der Waals surface area (Å²) in [5.74, 6) is 1.12. The predicted octanol–water partition coefficient (Wildman–Crippen LogP) is 9.98. The summed E-state index contributed by atoms with van der Waals surface area (Å²) in [7, 11) is 0. The second kappa shape index (κ2) is 17.2. The first-order chi connectivity index (χ1) is 23.5. The molecule has 1 heterocycles. The monoisotopic (exact) mass is 658 g/mol. The van der Waals surface area contributed by atoms with Crippen LogP contribution >= 0.6 is 11.6 Å².